The lowest BCUT2D eigenvalue weighted by Gasteiger charge is -2.33. The number of nitrogens with zero attached hydrogens (tertiary/aromatic N) is 1. The van der Waals surface area contributed by atoms with E-state index in [4.69, 9.17) is 5.73 Å². The highest BCUT2D eigenvalue weighted by molar-refractivity contribution is 5.80. The Labute approximate surface area is 125 Å². The normalized spacial score (nSPS) is 27.0. The molecule has 0 radical (unpaired) electrons. The van der Waals surface area contributed by atoms with E-state index < -0.39 is 0 Å². The van der Waals surface area contributed by atoms with Gasteiger partial charge in [0.25, 0.3) is 0 Å². The van der Waals surface area contributed by atoms with Gasteiger partial charge in [-0.05, 0) is 25.3 Å². The van der Waals surface area contributed by atoms with Gasteiger partial charge in [-0.3, -0.25) is 10.2 Å². The van der Waals surface area contributed by atoms with Gasteiger partial charge in [-0.2, -0.15) is 0 Å². The van der Waals surface area contributed by atoms with Crippen molar-refractivity contribution in [3.8, 4) is 0 Å². The van der Waals surface area contributed by atoms with Gasteiger partial charge in [0.15, 0.2) is 0 Å². The molecule has 1 amide bonds. The van der Waals surface area contributed by atoms with Crippen molar-refractivity contribution in [2.24, 2.45) is 11.7 Å². The molecular weight excluding hydrogens is 264 g/mol. The first-order chi connectivity index (χ1) is 10.1. The quantitative estimate of drug-likeness (QED) is 0.749. The molecule has 2 atom stereocenters. The van der Waals surface area contributed by atoms with Crippen LogP contribution in [0.1, 0.15) is 30.0 Å². The van der Waals surface area contributed by atoms with Gasteiger partial charge >= 0.3 is 0 Å². The fourth-order valence-corrected chi connectivity index (χ4v) is 3.17. The van der Waals surface area contributed by atoms with E-state index in [1.54, 1.807) is 0 Å². The number of rotatable bonds is 2. The van der Waals surface area contributed by atoms with E-state index in [1.807, 2.05) is 4.90 Å². The number of aryl methyl sites for hydroxylation is 1. The molecule has 114 valence electrons. The average molecular weight is 288 g/mol. The molecule has 5 heteroatoms. The van der Waals surface area contributed by atoms with Crippen LogP contribution in [0.4, 0.5) is 0 Å². The van der Waals surface area contributed by atoms with Crippen LogP contribution >= 0.6 is 0 Å². The zero-order valence-electron chi connectivity index (χ0n) is 12.5. The molecular formula is C16H24N4O. The molecule has 0 aromatic heterocycles. The Morgan fingerprint density at radius 3 is 2.57 bits per heavy atom. The summed E-state index contributed by atoms with van der Waals surface area (Å²) < 4.78 is 0. The summed E-state index contributed by atoms with van der Waals surface area (Å²) in [5.74, 6) is 0.201. The molecule has 4 N–H and O–H groups in total. The maximum absolute atomic E-state index is 12.8. The third kappa shape index (κ3) is 3.10. The number of carbonyl (C=O) groups excluding carboxylic acids is 1. The molecule has 0 aliphatic carbocycles. The van der Waals surface area contributed by atoms with E-state index in [0.717, 1.165) is 31.5 Å². The predicted molar refractivity (Wildman–Crippen MR) is 82.3 cm³/mol. The number of piperidine rings is 1. The lowest BCUT2D eigenvalue weighted by Crippen LogP contribution is -2.46. The molecule has 21 heavy (non-hydrogen) atoms. The highest BCUT2D eigenvalue weighted by Crippen LogP contribution is 2.27. The van der Waals surface area contributed by atoms with Gasteiger partial charge in [-0.25, -0.2) is 5.43 Å². The summed E-state index contributed by atoms with van der Waals surface area (Å²) in [7, 11) is 0. The number of hydrazine groups is 1. The van der Waals surface area contributed by atoms with Gasteiger partial charge in [0.1, 0.15) is 0 Å². The number of likely N-dealkylation sites (tertiary alicyclic amines) is 1. The monoisotopic (exact) mass is 288 g/mol. The fraction of sp³-hybridized carbons (Fsp3) is 0.562. The second-order valence-corrected chi connectivity index (χ2v) is 6.18. The molecule has 0 bridgehead atoms. The fourth-order valence-electron chi connectivity index (χ4n) is 3.17. The van der Waals surface area contributed by atoms with Crippen molar-refractivity contribution in [2.75, 3.05) is 19.6 Å². The summed E-state index contributed by atoms with van der Waals surface area (Å²) in [6.07, 6.45) is 1.82. The average Bonchev–Trinajstić information content (AvgIpc) is 2.97. The van der Waals surface area contributed by atoms with Crippen molar-refractivity contribution in [2.45, 2.75) is 31.8 Å². The smallest absolute Gasteiger partial charge is 0.229 e. The summed E-state index contributed by atoms with van der Waals surface area (Å²) in [5.41, 5.74) is 14.7. The summed E-state index contributed by atoms with van der Waals surface area (Å²) in [5, 5.41) is 0. The Bertz CT molecular complexity index is 494. The Hall–Kier alpha value is -1.43. The molecule has 2 heterocycles. The van der Waals surface area contributed by atoms with Gasteiger partial charge in [0, 0.05) is 25.7 Å². The van der Waals surface area contributed by atoms with E-state index in [2.05, 4.69) is 42.0 Å². The topological polar surface area (TPSA) is 70.4 Å². The second-order valence-electron chi connectivity index (χ2n) is 6.18. The maximum Gasteiger partial charge on any atom is 0.229 e. The maximum atomic E-state index is 12.8. The van der Waals surface area contributed by atoms with E-state index in [0.29, 0.717) is 6.54 Å². The number of nitrogens with one attached hydrogen (secondary N) is 2. The molecule has 2 aliphatic heterocycles. The highest BCUT2D eigenvalue weighted by atomic mass is 16.2. The van der Waals surface area contributed by atoms with Crippen LogP contribution in [-0.4, -0.2) is 36.5 Å². The molecule has 2 aliphatic rings. The van der Waals surface area contributed by atoms with Gasteiger partial charge in [-0.15, -0.1) is 0 Å². The third-order valence-corrected chi connectivity index (χ3v) is 4.59. The van der Waals surface area contributed by atoms with Gasteiger partial charge in [0.2, 0.25) is 5.91 Å². The Morgan fingerprint density at radius 2 is 1.90 bits per heavy atom. The first-order valence-corrected chi connectivity index (χ1v) is 7.74. The lowest BCUT2D eigenvalue weighted by molar-refractivity contribution is -0.136. The minimum atomic E-state index is -0.0398. The van der Waals surface area contributed by atoms with Crippen molar-refractivity contribution >= 4 is 5.91 Å². The first-order valence-electron chi connectivity index (χ1n) is 7.74. The number of benzene rings is 1. The molecule has 5 nitrogen and oxygen atoms in total. The third-order valence-electron chi connectivity index (χ3n) is 4.59. The van der Waals surface area contributed by atoms with Gasteiger partial charge in [0.05, 0.1) is 12.0 Å². The molecule has 3 rings (SSSR count). The van der Waals surface area contributed by atoms with Crippen LogP contribution in [0.5, 0.6) is 0 Å². The summed E-state index contributed by atoms with van der Waals surface area (Å²) in [6, 6.07) is 8.70. The van der Waals surface area contributed by atoms with E-state index in [1.165, 1.54) is 5.56 Å². The zero-order chi connectivity index (χ0) is 14.8. The van der Waals surface area contributed by atoms with Crippen LogP contribution in [0.3, 0.4) is 0 Å². The summed E-state index contributed by atoms with van der Waals surface area (Å²) >= 11 is 0. The molecule has 0 spiro atoms. The first kappa shape index (κ1) is 14.5. The van der Waals surface area contributed by atoms with Crippen LogP contribution in [0, 0.1) is 12.8 Å². The SMILES string of the molecule is Cc1ccc(C2NNCC2C(=O)N2CCC(N)CC2)cc1. The Balaban J connectivity index is 1.71. The van der Waals surface area contributed by atoms with Crippen LogP contribution in [0.2, 0.25) is 0 Å². The standard InChI is InChI=1S/C16H24N4O/c1-11-2-4-12(5-3-11)15-14(10-18-19-15)16(21)20-8-6-13(17)7-9-20/h2-5,13-15,18-19H,6-10,17H2,1H3. The van der Waals surface area contributed by atoms with Crippen molar-refractivity contribution in [3.63, 3.8) is 0 Å². The van der Waals surface area contributed by atoms with Crippen LogP contribution in [-0.2, 0) is 4.79 Å². The van der Waals surface area contributed by atoms with Crippen LogP contribution in [0.25, 0.3) is 0 Å². The highest BCUT2D eigenvalue weighted by Gasteiger charge is 2.37. The molecule has 2 saturated heterocycles. The number of hydrogen-bond donors (Lipinski definition) is 3. The lowest BCUT2D eigenvalue weighted by atomic mass is 9.92. The van der Waals surface area contributed by atoms with Crippen LogP contribution in [0.15, 0.2) is 24.3 Å². The zero-order valence-corrected chi connectivity index (χ0v) is 12.5. The van der Waals surface area contributed by atoms with Gasteiger partial charge in [-0.1, -0.05) is 29.8 Å². The van der Waals surface area contributed by atoms with E-state index in [9.17, 15) is 4.79 Å². The van der Waals surface area contributed by atoms with Gasteiger partial charge < -0.3 is 10.6 Å². The summed E-state index contributed by atoms with van der Waals surface area (Å²) in [4.78, 5) is 14.7. The van der Waals surface area contributed by atoms with E-state index >= 15 is 0 Å². The molecule has 1 aromatic carbocycles. The molecule has 2 fully saturated rings. The molecule has 1 aromatic rings. The number of carbonyl (C=O) groups is 1. The molecule has 2 unspecified atom stereocenters. The number of amides is 1. The second kappa shape index (κ2) is 6.13. The van der Waals surface area contributed by atoms with Crippen LogP contribution < -0.4 is 16.6 Å². The van der Waals surface area contributed by atoms with E-state index in [-0.39, 0.29) is 23.9 Å². The van der Waals surface area contributed by atoms with Crippen molar-refractivity contribution in [3.05, 3.63) is 35.4 Å². The number of nitrogens with two attached hydrogens (primary N) is 1. The minimum absolute atomic E-state index is 0.0398. The largest absolute Gasteiger partial charge is 0.342 e. The Kier molecular flexibility index (Phi) is 4.24. The predicted octanol–water partition coefficient (Wildman–Crippen LogP) is 0.710. The van der Waals surface area contributed by atoms with Crippen molar-refractivity contribution < 1.29 is 4.79 Å². The Morgan fingerprint density at radius 1 is 1.24 bits per heavy atom. The van der Waals surface area contributed by atoms with Crippen molar-refractivity contribution in [1.82, 2.24) is 15.8 Å². The summed E-state index contributed by atoms with van der Waals surface area (Å²) in [6.45, 7) is 4.33. The van der Waals surface area contributed by atoms with Crippen molar-refractivity contribution in [1.29, 1.82) is 0 Å². The molecule has 0 saturated carbocycles. The minimum Gasteiger partial charge on any atom is -0.342 e. The number of hydrogen-bond acceptors (Lipinski definition) is 4.